The Morgan fingerprint density at radius 3 is 2.21 bits per heavy atom. The number of anilines is 1. The van der Waals surface area contributed by atoms with Crippen molar-refractivity contribution < 1.29 is 27.9 Å². The van der Waals surface area contributed by atoms with Crippen LogP contribution in [-0.4, -0.2) is 57.8 Å². The molecule has 1 amide bonds. The van der Waals surface area contributed by atoms with Gasteiger partial charge in [0.15, 0.2) is 0 Å². The number of rotatable bonds is 13. The topological polar surface area (TPSA) is 108 Å². The fraction of sp³-hybridized carbons (Fsp3) is 0.321. The van der Waals surface area contributed by atoms with Gasteiger partial charge in [0.05, 0.1) is 29.8 Å². The van der Waals surface area contributed by atoms with Gasteiger partial charge in [-0.15, -0.1) is 0 Å². The fourth-order valence-corrected chi connectivity index (χ4v) is 5.66. The highest BCUT2D eigenvalue weighted by molar-refractivity contribution is 7.92. The number of nitrogens with one attached hydrogen (secondary N) is 1. The quantitative estimate of drug-likeness (QED) is 0.246. The number of hydrogen-bond acceptors (Lipinski definition) is 7. The molecule has 0 spiro atoms. The first kappa shape index (κ1) is 29.0. The maximum Gasteiger partial charge on any atom is 0.276 e. The molecule has 2 N–H and O–H groups in total. The highest BCUT2D eigenvalue weighted by atomic mass is 32.2. The van der Waals surface area contributed by atoms with Crippen molar-refractivity contribution in [3.05, 3.63) is 83.4 Å². The summed E-state index contributed by atoms with van der Waals surface area (Å²) in [7, 11) is -2.67. The van der Waals surface area contributed by atoms with Gasteiger partial charge in [-0.3, -0.25) is 14.3 Å². The Morgan fingerprint density at radius 1 is 0.974 bits per heavy atom. The zero-order valence-electron chi connectivity index (χ0n) is 22.2. The third-order valence-electron chi connectivity index (χ3n) is 6.35. The van der Waals surface area contributed by atoms with E-state index in [1.165, 1.54) is 29.6 Å². The molecule has 0 fully saturated rings. The van der Waals surface area contributed by atoms with Crippen molar-refractivity contribution in [2.75, 3.05) is 37.7 Å². The summed E-state index contributed by atoms with van der Waals surface area (Å²) in [6.07, 6.45) is 0. The third-order valence-corrected chi connectivity index (χ3v) is 8.11. The van der Waals surface area contributed by atoms with Gasteiger partial charge in [-0.05, 0) is 62.0 Å². The first-order valence-electron chi connectivity index (χ1n) is 12.4. The van der Waals surface area contributed by atoms with Crippen LogP contribution in [0.2, 0.25) is 0 Å². The maximum absolute atomic E-state index is 14.1. The highest BCUT2D eigenvalue weighted by Gasteiger charge is 2.31. The fourth-order valence-electron chi connectivity index (χ4n) is 4.14. The average molecular weight is 542 g/mol. The van der Waals surface area contributed by atoms with E-state index in [1.807, 2.05) is 30.3 Å². The number of nitrogens with zero attached hydrogens (tertiary/aromatic N) is 2. The number of ether oxygens (including phenoxy) is 2. The first-order chi connectivity index (χ1) is 18.3. The Kier molecular flexibility index (Phi) is 10.1. The second kappa shape index (κ2) is 13.3. The summed E-state index contributed by atoms with van der Waals surface area (Å²) in [5.74, 6) is 0.129. The second-order valence-corrected chi connectivity index (χ2v) is 10.4. The standard InChI is InChI=1S/C28H35N3O6S/c1-5-30(6-2)18-19-37-26-17-16-25(28(32)29-33)27(21(26)3)31(20-22-10-8-7-9-11-22)38(34,35)24-14-12-23(36-4)13-15-24/h7-17,33H,5-6,18-20H2,1-4H3,(H,29,32). The number of benzene rings is 3. The van der Waals surface area contributed by atoms with Crippen LogP contribution in [0.15, 0.2) is 71.6 Å². The minimum atomic E-state index is -4.17. The molecule has 38 heavy (non-hydrogen) atoms. The van der Waals surface area contributed by atoms with Gasteiger partial charge in [0, 0.05) is 12.1 Å². The van der Waals surface area contributed by atoms with Crippen LogP contribution in [0.1, 0.15) is 35.3 Å². The number of hydrogen-bond donors (Lipinski definition) is 2. The van der Waals surface area contributed by atoms with E-state index in [0.717, 1.165) is 13.1 Å². The van der Waals surface area contributed by atoms with Gasteiger partial charge < -0.3 is 14.4 Å². The number of hydroxylamine groups is 1. The molecule has 0 aromatic heterocycles. The summed E-state index contributed by atoms with van der Waals surface area (Å²) in [4.78, 5) is 15.0. The summed E-state index contributed by atoms with van der Waals surface area (Å²) in [5, 5.41) is 9.46. The van der Waals surface area contributed by atoms with E-state index < -0.39 is 15.9 Å². The predicted molar refractivity (Wildman–Crippen MR) is 147 cm³/mol. The summed E-state index contributed by atoms with van der Waals surface area (Å²) in [5.41, 5.74) is 2.93. The number of methoxy groups -OCH3 is 1. The van der Waals surface area contributed by atoms with E-state index in [2.05, 4.69) is 18.7 Å². The van der Waals surface area contributed by atoms with Crippen LogP contribution in [0, 0.1) is 6.92 Å². The van der Waals surface area contributed by atoms with Crippen LogP contribution in [0.5, 0.6) is 11.5 Å². The van der Waals surface area contributed by atoms with Crippen molar-refractivity contribution in [1.29, 1.82) is 0 Å². The normalized spacial score (nSPS) is 11.3. The first-order valence-corrected chi connectivity index (χ1v) is 13.8. The molecule has 0 bridgehead atoms. The summed E-state index contributed by atoms with van der Waals surface area (Å²) >= 11 is 0. The molecular weight excluding hydrogens is 506 g/mol. The van der Waals surface area contributed by atoms with E-state index >= 15 is 0 Å². The molecule has 0 aliphatic carbocycles. The molecule has 0 heterocycles. The summed E-state index contributed by atoms with van der Waals surface area (Å²) in [6, 6.07) is 18.2. The van der Waals surface area contributed by atoms with Crippen LogP contribution in [0.3, 0.4) is 0 Å². The van der Waals surface area contributed by atoms with E-state index in [1.54, 1.807) is 30.6 Å². The van der Waals surface area contributed by atoms with Crippen molar-refractivity contribution in [2.24, 2.45) is 0 Å². The monoisotopic (exact) mass is 541 g/mol. The van der Waals surface area contributed by atoms with E-state index in [-0.39, 0.29) is 22.7 Å². The average Bonchev–Trinajstić information content (AvgIpc) is 2.95. The zero-order chi connectivity index (χ0) is 27.7. The smallest absolute Gasteiger partial charge is 0.276 e. The molecule has 10 heteroatoms. The minimum Gasteiger partial charge on any atom is -0.497 e. The molecule has 3 aromatic carbocycles. The Bertz CT molecular complexity index is 1310. The van der Waals surface area contributed by atoms with Gasteiger partial charge in [-0.2, -0.15) is 0 Å². The lowest BCUT2D eigenvalue weighted by Gasteiger charge is -2.29. The van der Waals surface area contributed by atoms with E-state index in [0.29, 0.717) is 35.8 Å². The van der Waals surface area contributed by atoms with Crippen molar-refractivity contribution in [2.45, 2.75) is 32.2 Å². The highest BCUT2D eigenvalue weighted by Crippen LogP contribution is 2.37. The Hall–Kier alpha value is -3.60. The van der Waals surface area contributed by atoms with Gasteiger partial charge in [0.2, 0.25) is 0 Å². The van der Waals surface area contributed by atoms with Crippen LogP contribution in [0.25, 0.3) is 0 Å². The molecule has 0 saturated heterocycles. The molecule has 0 unspecified atom stereocenters. The van der Waals surface area contributed by atoms with E-state index in [9.17, 15) is 18.4 Å². The van der Waals surface area contributed by atoms with Crippen molar-refractivity contribution in [1.82, 2.24) is 10.4 Å². The molecule has 0 saturated carbocycles. The van der Waals surface area contributed by atoms with Crippen molar-refractivity contribution in [3.63, 3.8) is 0 Å². The Balaban J connectivity index is 2.16. The SMILES string of the molecule is CCN(CC)CCOc1ccc(C(=O)NO)c(N(Cc2ccccc2)S(=O)(=O)c2ccc(OC)cc2)c1C. The number of amides is 1. The maximum atomic E-state index is 14.1. The second-order valence-electron chi connectivity index (χ2n) is 8.57. The summed E-state index contributed by atoms with van der Waals surface area (Å²) < 4.78 is 40.6. The Morgan fingerprint density at radius 2 is 1.63 bits per heavy atom. The van der Waals surface area contributed by atoms with Crippen molar-refractivity contribution in [3.8, 4) is 11.5 Å². The summed E-state index contributed by atoms with van der Waals surface area (Å²) in [6.45, 7) is 8.63. The van der Waals surface area contributed by atoms with Gasteiger partial charge in [-0.1, -0.05) is 44.2 Å². The number of sulfonamides is 1. The largest absolute Gasteiger partial charge is 0.497 e. The molecule has 0 radical (unpaired) electrons. The number of carbonyl (C=O) groups is 1. The van der Waals surface area contributed by atoms with Crippen molar-refractivity contribution >= 4 is 21.6 Å². The van der Waals surface area contributed by atoms with Gasteiger partial charge in [-0.25, -0.2) is 13.9 Å². The molecule has 0 atom stereocenters. The molecule has 3 aromatic rings. The van der Waals surface area contributed by atoms with Gasteiger partial charge in [0.1, 0.15) is 18.1 Å². The Labute approximate surface area is 224 Å². The van der Waals surface area contributed by atoms with Crippen LogP contribution >= 0.6 is 0 Å². The number of carbonyl (C=O) groups excluding carboxylic acids is 1. The zero-order valence-corrected chi connectivity index (χ0v) is 23.0. The lowest BCUT2D eigenvalue weighted by atomic mass is 10.1. The molecular formula is C28H35N3O6S. The minimum absolute atomic E-state index is 0.00545. The molecule has 3 rings (SSSR count). The predicted octanol–water partition coefficient (Wildman–Crippen LogP) is 4.24. The van der Waals surface area contributed by atoms with E-state index in [4.69, 9.17) is 9.47 Å². The van der Waals surface area contributed by atoms with Crippen LogP contribution in [0.4, 0.5) is 5.69 Å². The molecule has 0 aliphatic heterocycles. The lowest BCUT2D eigenvalue weighted by molar-refractivity contribution is 0.0707. The number of likely N-dealkylation sites (N-methyl/N-ethyl adjacent to an activating group) is 1. The van der Waals surface area contributed by atoms with Crippen LogP contribution < -0.4 is 19.3 Å². The lowest BCUT2D eigenvalue weighted by Crippen LogP contribution is -2.34. The molecule has 204 valence electrons. The van der Waals surface area contributed by atoms with Gasteiger partial charge in [0.25, 0.3) is 15.9 Å². The molecule has 0 aliphatic rings. The third kappa shape index (κ3) is 6.63. The molecule has 9 nitrogen and oxygen atoms in total. The van der Waals surface area contributed by atoms with Gasteiger partial charge >= 0.3 is 0 Å². The van der Waals surface area contributed by atoms with Crippen LogP contribution in [-0.2, 0) is 16.6 Å².